The molecule has 152 valence electrons. The van der Waals surface area contributed by atoms with Crippen molar-refractivity contribution < 1.29 is 19.3 Å². The van der Waals surface area contributed by atoms with Gasteiger partial charge in [-0.25, -0.2) is 0 Å². The Morgan fingerprint density at radius 3 is 2.14 bits per heavy atom. The lowest BCUT2D eigenvalue weighted by Crippen LogP contribution is -2.41. The quantitative estimate of drug-likeness (QED) is 0.575. The van der Waals surface area contributed by atoms with Crippen LogP contribution in [0.5, 0.6) is 11.5 Å². The summed E-state index contributed by atoms with van der Waals surface area (Å²) >= 11 is 0. The molecular weight excluding hydrogens is 356 g/mol. The first-order valence-corrected chi connectivity index (χ1v) is 9.59. The Labute approximate surface area is 166 Å². The van der Waals surface area contributed by atoms with Gasteiger partial charge >= 0.3 is 0 Å². The monoisotopic (exact) mass is 386 g/mol. The summed E-state index contributed by atoms with van der Waals surface area (Å²) in [5.41, 5.74) is 10.2. The first-order valence-electron chi connectivity index (χ1n) is 9.59. The molecule has 0 aliphatic heterocycles. The van der Waals surface area contributed by atoms with E-state index in [9.17, 15) is 5.11 Å². The third kappa shape index (κ3) is 4.47. The van der Waals surface area contributed by atoms with Crippen LogP contribution in [0.2, 0.25) is 0 Å². The van der Waals surface area contributed by atoms with Gasteiger partial charge in [-0.1, -0.05) is 24.3 Å². The molecule has 2 aromatic rings. The summed E-state index contributed by atoms with van der Waals surface area (Å²) in [5.74, 6) is 1.36. The number of aliphatic hydroxyl groups is 1. The molecule has 0 aromatic heterocycles. The molecule has 0 amide bonds. The molecule has 1 aliphatic rings. The van der Waals surface area contributed by atoms with E-state index >= 15 is 0 Å². The molecule has 3 N–H and O–H groups in total. The summed E-state index contributed by atoms with van der Waals surface area (Å²) in [5, 5.41) is 11.1. The summed E-state index contributed by atoms with van der Waals surface area (Å²) in [6.45, 7) is 2.39. The number of hydrazine groups is 1. The first kappa shape index (κ1) is 20.6. The van der Waals surface area contributed by atoms with Crippen molar-refractivity contribution in [2.45, 2.75) is 38.1 Å². The fourth-order valence-corrected chi connectivity index (χ4v) is 3.79. The highest BCUT2D eigenvalue weighted by molar-refractivity contribution is 5.48. The van der Waals surface area contributed by atoms with E-state index in [-0.39, 0.29) is 6.10 Å². The average molecular weight is 386 g/mol. The number of rotatable bonds is 9. The molecule has 28 heavy (non-hydrogen) atoms. The maximum atomic E-state index is 11.1. The number of hydrogen-bond acceptors (Lipinski definition) is 6. The van der Waals surface area contributed by atoms with Gasteiger partial charge in [-0.3, -0.25) is 10.9 Å². The van der Waals surface area contributed by atoms with Gasteiger partial charge in [0, 0.05) is 12.1 Å². The van der Waals surface area contributed by atoms with Crippen LogP contribution in [-0.4, -0.2) is 45.1 Å². The third-order valence-corrected chi connectivity index (χ3v) is 5.33. The van der Waals surface area contributed by atoms with E-state index in [1.807, 2.05) is 19.1 Å². The topological polar surface area (TPSA) is 72.0 Å². The molecule has 0 bridgehead atoms. The molecule has 0 fully saturated rings. The van der Waals surface area contributed by atoms with Gasteiger partial charge in [0.2, 0.25) is 0 Å². The molecule has 0 spiro atoms. The lowest BCUT2D eigenvalue weighted by atomic mass is 10.0. The largest absolute Gasteiger partial charge is 0.496 e. The predicted molar refractivity (Wildman–Crippen MR) is 109 cm³/mol. The van der Waals surface area contributed by atoms with Crippen molar-refractivity contribution in [3.05, 3.63) is 58.7 Å². The molecule has 3 rings (SSSR count). The number of benzene rings is 2. The van der Waals surface area contributed by atoms with Gasteiger partial charge in [-0.15, -0.1) is 0 Å². The molecule has 2 aromatic carbocycles. The molecular formula is C22H30N2O4. The van der Waals surface area contributed by atoms with Crippen molar-refractivity contribution in [1.29, 1.82) is 0 Å². The van der Waals surface area contributed by atoms with E-state index in [1.165, 1.54) is 11.1 Å². The van der Waals surface area contributed by atoms with Crippen LogP contribution in [0.15, 0.2) is 36.4 Å². The number of methoxy groups -OCH3 is 2. The Morgan fingerprint density at radius 2 is 1.64 bits per heavy atom. The number of aliphatic hydroxyl groups excluding tert-OH is 1. The van der Waals surface area contributed by atoms with Crippen molar-refractivity contribution in [3.8, 4) is 11.5 Å². The summed E-state index contributed by atoms with van der Waals surface area (Å²) in [4.78, 5) is 0. The highest BCUT2D eigenvalue weighted by Gasteiger charge is 2.30. The number of nitrogens with one attached hydrogen (secondary N) is 2. The van der Waals surface area contributed by atoms with Gasteiger partial charge in [-0.2, -0.15) is 0 Å². The van der Waals surface area contributed by atoms with E-state index in [2.05, 4.69) is 35.1 Å². The van der Waals surface area contributed by atoms with Gasteiger partial charge in [0.05, 0.1) is 20.3 Å². The lowest BCUT2D eigenvalue weighted by molar-refractivity contribution is -0.0743. The van der Waals surface area contributed by atoms with Gasteiger partial charge in [0.25, 0.3) is 0 Å². The first-order chi connectivity index (χ1) is 13.6. The van der Waals surface area contributed by atoms with Crippen LogP contribution in [-0.2, 0) is 17.6 Å². The Morgan fingerprint density at radius 1 is 1.07 bits per heavy atom. The molecule has 0 unspecified atom stereocenters. The van der Waals surface area contributed by atoms with Crippen molar-refractivity contribution in [3.63, 3.8) is 0 Å². The Hall–Kier alpha value is -2.12. The highest BCUT2D eigenvalue weighted by atomic mass is 16.5. The zero-order valence-electron chi connectivity index (χ0n) is 17.0. The number of fused-ring (bicyclic) bond motifs is 1. The summed E-state index contributed by atoms with van der Waals surface area (Å²) in [6, 6.07) is 12.1. The van der Waals surface area contributed by atoms with Gasteiger partial charge in [0.15, 0.2) is 0 Å². The van der Waals surface area contributed by atoms with Crippen LogP contribution in [0, 0.1) is 6.92 Å². The lowest BCUT2D eigenvalue weighted by Gasteiger charge is -2.28. The standard InChI is InChI=1S/C22H30N2O4/c1-14-19(26-3)11-17(12-20(14)27-4)22(25)21(13-24-23-2)28-18-9-15-7-5-6-8-16(15)10-18/h5-8,11-12,18,21-25H,9-10,13H2,1-4H3/t21-,22+/m0/s1. The Bertz CT molecular complexity index is 746. The van der Waals surface area contributed by atoms with E-state index in [0.717, 1.165) is 18.4 Å². The maximum Gasteiger partial charge on any atom is 0.125 e. The average Bonchev–Trinajstić information content (AvgIpc) is 3.13. The van der Waals surface area contributed by atoms with E-state index in [0.29, 0.717) is 23.6 Å². The molecule has 1 aliphatic carbocycles. The number of ether oxygens (including phenoxy) is 3. The number of hydrogen-bond donors (Lipinski definition) is 3. The summed E-state index contributed by atoms with van der Waals surface area (Å²) in [6.07, 6.45) is 0.515. The molecule has 2 atom stereocenters. The summed E-state index contributed by atoms with van der Waals surface area (Å²) < 4.78 is 17.3. The molecule has 6 heteroatoms. The van der Waals surface area contributed by atoms with Crippen LogP contribution in [0.1, 0.15) is 28.4 Å². The SMILES string of the molecule is CNNC[C@H](OC1Cc2ccccc2C1)[C@H](O)c1cc(OC)c(C)c(OC)c1. The Kier molecular flexibility index (Phi) is 6.91. The zero-order valence-corrected chi connectivity index (χ0v) is 17.0. The van der Waals surface area contributed by atoms with E-state index in [1.54, 1.807) is 21.3 Å². The van der Waals surface area contributed by atoms with Crippen LogP contribution < -0.4 is 20.3 Å². The van der Waals surface area contributed by atoms with Crippen LogP contribution >= 0.6 is 0 Å². The minimum atomic E-state index is -0.826. The van der Waals surface area contributed by atoms with Crippen molar-refractivity contribution >= 4 is 0 Å². The fraction of sp³-hybridized carbons (Fsp3) is 0.455. The highest BCUT2D eigenvalue weighted by Crippen LogP contribution is 2.34. The smallest absolute Gasteiger partial charge is 0.125 e. The molecule has 0 heterocycles. The van der Waals surface area contributed by atoms with Crippen LogP contribution in [0.3, 0.4) is 0 Å². The Balaban J connectivity index is 1.79. The van der Waals surface area contributed by atoms with Gasteiger partial charge in [-0.05, 0) is 55.6 Å². The minimum Gasteiger partial charge on any atom is -0.496 e. The van der Waals surface area contributed by atoms with E-state index < -0.39 is 12.2 Å². The molecule has 0 radical (unpaired) electrons. The second kappa shape index (κ2) is 9.39. The van der Waals surface area contributed by atoms with Crippen molar-refractivity contribution in [2.24, 2.45) is 0 Å². The molecule has 0 saturated carbocycles. The normalized spacial score (nSPS) is 15.9. The van der Waals surface area contributed by atoms with Crippen LogP contribution in [0.25, 0.3) is 0 Å². The molecule has 0 saturated heterocycles. The second-order valence-electron chi connectivity index (χ2n) is 7.10. The van der Waals surface area contributed by atoms with Gasteiger partial charge < -0.3 is 19.3 Å². The third-order valence-electron chi connectivity index (χ3n) is 5.33. The minimum absolute atomic E-state index is 0.0462. The van der Waals surface area contributed by atoms with Crippen LogP contribution in [0.4, 0.5) is 0 Å². The van der Waals surface area contributed by atoms with Crippen molar-refractivity contribution in [1.82, 2.24) is 10.9 Å². The van der Waals surface area contributed by atoms with E-state index in [4.69, 9.17) is 14.2 Å². The van der Waals surface area contributed by atoms with Gasteiger partial charge in [0.1, 0.15) is 23.7 Å². The maximum absolute atomic E-state index is 11.1. The zero-order chi connectivity index (χ0) is 20.1. The fourth-order valence-electron chi connectivity index (χ4n) is 3.79. The summed E-state index contributed by atoms with van der Waals surface area (Å²) in [7, 11) is 5.03. The molecule has 6 nitrogen and oxygen atoms in total. The predicted octanol–water partition coefficient (Wildman–Crippen LogP) is 2.32. The van der Waals surface area contributed by atoms with Crippen molar-refractivity contribution in [2.75, 3.05) is 27.8 Å². The second-order valence-corrected chi connectivity index (χ2v) is 7.10.